The Labute approximate surface area is 124 Å². The third kappa shape index (κ3) is 3.61. The molecule has 0 radical (unpaired) electrons. The van der Waals surface area contributed by atoms with Crippen molar-refractivity contribution in [1.29, 1.82) is 0 Å². The zero-order valence-corrected chi connectivity index (χ0v) is 12.5. The third-order valence-electron chi connectivity index (χ3n) is 3.91. The molecule has 0 spiro atoms. The Morgan fingerprint density at radius 2 is 1.57 bits per heavy atom. The Balaban J connectivity index is 2.24. The van der Waals surface area contributed by atoms with Crippen LogP contribution < -0.4 is 0 Å². The molecule has 0 N–H and O–H groups in total. The van der Waals surface area contributed by atoms with Crippen molar-refractivity contribution in [1.82, 2.24) is 4.90 Å². The van der Waals surface area contributed by atoms with Gasteiger partial charge in [0.2, 0.25) is 0 Å². The van der Waals surface area contributed by atoms with Gasteiger partial charge in [-0.3, -0.25) is 14.5 Å². The molecule has 0 saturated carbocycles. The van der Waals surface area contributed by atoms with Crippen LogP contribution in [0.2, 0.25) is 0 Å². The minimum atomic E-state index is -0.395. The maximum Gasteiger partial charge on any atom is 0.323 e. The van der Waals surface area contributed by atoms with E-state index in [1.54, 1.807) is 0 Å². The van der Waals surface area contributed by atoms with Crippen molar-refractivity contribution in [2.45, 2.75) is 37.9 Å². The van der Waals surface area contributed by atoms with Crippen molar-refractivity contribution in [2.24, 2.45) is 0 Å². The van der Waals surface area contributed by atoms with Gasteiger partial charge in [-0.15, -0.1) is 0 Å². The highest BCUT2D eigenvalue weighted by Crippen LogP contribution is 2.26. The van der Waals surface area contributed by atoms with Crippen LogP contribution in [0.15, 0.2) is 30.3 Å². The Morgan fingerprint density at radius 3 is 2.05 bits per heavy atom. The smallest absolute Gasteiger partial charge is 0.323 e. The first-order valence-electron chi connectivity index (χ1n) is 7.12. The minimum absolute atomic E-state index is 0.292. The predicted octanol–water partition coefficient (Wildman–Crippen LogP) is 1.76. The van der Waals surface area contributed by atoms with Gasteiger partial charge in [0.25, 0.3) is 0 Å². The molecule has 0 aliphatic carbocycles. The van der Waals surface area contributed by atoms with E-state index in [1.807, 2.05) is 35.2 Å². The molecule has 1 heterocycles. The summed E-state index contributed by atoms with van der Waals surface area (Å²) in [5.41, 5.74) is 1.06. The fourth-order valence-corrected chi connectivity index (χ4v) is 2.85. The van der Waals surface area contributed by atoms with Gasteiger partial charge in [0.05, 0.1) is 14.2 Å². The average Bonchev–Trinajstić information content (AvgIpc) is 2.54. The second-order valence-corrected chi connectivity index (χ2v) is 5.17. The van der Waals surface area contributed by atoms with E-state index >= 15 is 0 Å². The van der Waals surface area contributed by atoms with Crippen molar-refractivity contribution in [2.75, 3.05) is 14.2 Å². The van der Waals surface area contributed by atoms with Gasteiger partial charge < -0.3 is 9.47 Å². The van der Waals surface area contributed by atoms with E-state index in [2.05, 4.69) is 0 Å². The number of rotatable bonds is 4. The predicted molar refractivity (Wildman–Crippen MR) is 77.4 cm³/mol. The fraction of sp³-hybridized carbons (Fsp3) is 0.500. The largest absolute Gasteiger partial charge is 0.468 e. The average molecular weight is 291 g/mol. The number of methoxy groups -OCH3 is 2. The second-order valence-electron chi connectivity index (χ2n) is 5.17. The number of nitrogens with zero attached hydrogens (tertiary/aromatic N) is 1. The molecule has 21 heavy (non-hydrogen) atoms. The molecule has 114 valence electrons. The summed E-state index contributed by atoms with van der Waals surface area (Å²) in [5.74, 6) is -0.584. The summed E-state index contributed by atoms with van der Waals surface area (Å²) < 4.78 is 9.77. The summed E-state index contributed by atoms with van der Waals surface area (Å²) in [4.78, 5) is 25.9. The van der Waals surface area contributed by atoms with Crippen molar-refractivity contribution >= 4 is 11.9 Å². The van der Waals surface area contributed by atoms with E-state index in [0.717, 1.165) is 12.0 Å². The van der Waals surface area contributed by atoms with Crippen LogP contribution in [0.5, 0.6) is 0 Å². The zero-order chi connectivity index (χ0) is 15.2. The van der Waals surface area contributed by atoms with Crippen LogP contribution in [0.1, 0.15) is 24.8 Å². The lowest BCUT2D eigenvalue weighted by atomic mass is 9.94. The number of benzene rings is 1. The van der Waals surface area contributed by atoms with Gasteiger partial charge in [-0.05, 0) is 24.8 Å². The number of carbonyl (C=O) groups excluding carboxylic acids is 2. The number of hydrogen-bond acceptors (Lipinski definition) is 5. The molecule has 1 aliphatic rings. The maximum absolute atomic E-state index is 12.0. The number of carbonyl (C=O) groups is 2. The lowest BCUT2D eigenvalue weighted by molar-refractivity contribution is -0.158. The van der Waals surface area contributed by atoms with Gasteiger partial charge >= 0.3 is 11.9 Å². The van der Waals surface area contributed by atoms with Crippen molar-refractivity contribution in [3.63, 3.8) is 0 Å². The lowest BCUT2D eigenvalue weighted by Gasteiger charge is -2.39. The van der Waals surface area contributed by atoms with Gasteiger partial charge in [-0.25, -0.2) is 0 Å². The molecule has 0 aromatic heterocycles. The molecule has 2 rings (SSSR count). The second kappa shape index (κ2) is 7.22. The summed E-state index contributed by atoms with van der Waals surface area (Å²) in [6, 6.07) is 9.00. The number of piperidine rings is 1. The highest BCUT2D eigenvalue weighted by atomic mass is 16.5. The van der Waals surface area contributed by atoms with Crippen LogP contribution in [-0.4, -0.2) is 43.1 Å². The molecule has 1 aromatic rings. The molecule has 0 unspecified atom stereocenters. The Hall–Kier alpha value is -1.88. The molecule has 1 saturated heterocycles. The summed E-state index contributed by atoms with van der Waals surface area (Å²) >= 11 is 0. The first-order chi connectivity index (χ1) is 10.2. The SMILES string of the molecule is COC(=O)[C@H]1CCC[C@H](C(=O)OC)N1Cc1ccccc1. The van der Waals surface area contributed by atoms with E-state index < -0.39 is 12.1 Å². The van der Waals surface area contributed by atoms with Crippen LogP contribution in [0, 0.1) is 0 Å². The van der Waals surface area contributed by atoms with Crippen molar-refractivity contribution < 1.29 is 19.1 Å². The monoisotopic (exact) mass is 291 g/mol. The van der Waals surface area contributed by atoms with E-state index in [4.69, 9.17) is 9.47 Å². The van der Waals surface area contributed by atoms with Gasteiger partial charge in [-0.2, -0.15) is 0 Å². The third-order valence-corrected chi connectivity index (χ3v) is 3.91. The number of hydrogen-bond donors (Lipinski definition) is 0. The highest BCUT2D eigenvalue weighted by Gasteiger charge is 2.39. The number of likely N-dealkylation sites (tertiary alicyclic amines) is 1. The van der Waals surface area contributed by atoms with Crippen molar-refractivity contribution in [3.05, 3.63) is 35.9 Å². The lowest BCUT2D eigenvalue weighted by Crippen LogP contribution is -2.53. The van der Waals surface area contributed by atoms with E-state index in [-0.39, 0.29) is 11.9 Å². The summed E-state index contributed by atoms with van der Waals surface area (Å²) in [6.07, 6.45) is 2.21. The molecule has 1 aromatic carbocycles. The molecule has 0 bridgehead atoms. The zero-order valence-electron chi connectivity index (χ0n) is 12.5. The summed E-state index contributed by atoms with van der Waals surface area (Å²) in [7, 11) is 2.76. The van der Waals surface area contributed by atoms with Crippen LogP contribution in [0.4, 0.5) is 0 Å². The molecular weight excluding hydrogens is 270 g/mol. The van der Waals surface area contributed by atoms with Crippen LogP contribution in [0.3, 0.4) is 0 Å². The first-order valence-corrected chi connectivity index (χ1v) is 7.12. The van der Waals surface area contributed by atoms with Crippen LogP contribution >= 0.6 is 0 Å². The van der Waals surface area contributed by atoms with Crippen LogP contribution in [0.25, 0.3) is 0 Å². The molecule has 5 nitrogen and oxygen atoms in total. The maximum atomic E-state index is 12.0. The topological polar surface area (TPSA) is 55.8 Å². The van der Waals surface area contributed by atoms with Gasteiger partial charge in [0.1, 0.15) is 12.1 Å². The molecule has 5 heteroatoms. The Morgan fingerprint density at radius 1 is 1.05 bits per heavy atom. The molecule has 1 fully saturated rings. The molecular formula is C16H21NO4. The van der Waals surface area contributed by atoms with E-state index in [1.165, 1.54) is 14.2 Å². The Bertz CT molecular complexity index is 464. The van der Waals surface area contributed by atoms with Gasteiger partial charge in [-0.1, -0.05) is 30.3 Å². The van der Waals surface area contributed by atoms with Crippen LogP contribution in [-0.2, 0) is 25.6 Å². The van der Waals surface area contributed by atoms with Gasteiger partial charge in [0, 0.05) is 6.54 Å². The fourth-order valence-electron chi connectivity index (χ4n) is 2.85. The minimum Gasteiger partial charge on any atom is -0.468 e. The molecule has 2 atom stereocenters. The standard InChI is InChI=1S/C16H21NO4/c1-20-15(18)13-9-6-10-14(16(19)21-2)17(13)11-12-7-4-3-5-8-12/h3-5,7-8,13-14H,6,9-11H2,1-2H3/t13-,14-/m1/s1. The highest BCUT2D eigenvalue weighted by molar-refractivity contribution is 5.80. The Kier molecular flexibility index (Phi) is 5.33. The summed E-state index contributed by atoms with van der Waals surface area (Å²) in [5, 5.41) is 0. The quantitative estimate of drug-likeness (QED) is 0.791. The summed E-state index contributed by atoms with van der Waals surface area (Å²) in [6.45, 7) is 0.528. The number of ether oxygens (including phenoxy) is 2. The normalized spacial score (nSPS) is 22.6. The van der Waals surface area contributed by atoms with E-state index in [0.29, 0.717) is 19.4 Å². The first kappa shape index (κ1) is 15.5. The van der Waals surface area contributed by atoms with Crippen molar-refractivity contribution in [3.8, 4) is 0 Å². The molecule has 0 amide bonds. The number of esters is 2. The van der Waals surface area contributed by atoms with E-state index in [9.17, 15) is 9.59 Å². The molecule has 1 aliphatic heterocycles. The van der Waals surface area contributed by atoms with Gasteiger partial charge in [0.15, 0.2) is 0 Å².